The van der Waals surface area contributed by atoms with Crippen LogP contribution in [-0.2, 0) is 10.0 Å². The first-order chi connectivity index (χ1) is 10.6. The van der Waals surface area contributed by atoms with Crippen LogP contribution >= 0.6 is 0 Å². The number of benzene rings is 1. The van der Waals surface area contributed by atoms with Crippen molar-refractivity contribution in [1.82, 2.24) is 9.97 Å². The van der Waals surface area contributed by atoms with Gasteiger partial charge in [-0.1, -0.05) is 6.07 Å². The van der Waals surface area contributed by atoms with Crippen molar-refractivity contribution in [2.75, 3.05) is 17.9 Å². The van der Waals surface area contributed by atoms with Crippen molar-refractivity contribution in [3.63, 3.8) is 0 Å². The van der Waals surface area contributed by atoms with Gasteiger partial charge in [0, 0.05) is 6.42 Å². The average Bonchev–Trinajstić information content (AvgIpc) is 2.74. The van der Waals surface area contributed by atoms with Crippen LogP contribution in [0.5, 0.6) is 11.5 Å². The number of ether oxygens (including phenoxy) is 2. The Morgan fingerprint density at radius 2 is 1.95 bits per heavy atom. The summed E-state index contributed by atoms with van der Waals surface area (Å²) in [7, 11) is -3.84. The van der Waals surface area contributed by atoms with Crippen LogP contribution < -0.4 is 14.2 Å². The second-order valence-corrected chi connectivity index (χ2v) is 6.43. The van der Waals surface area contributed by atoms with Crippen LogP contribution in [0.15, 0.2) is 35.5 Å². The number of nitrogens with zero attached hydrogens (tertiary/aromatic N) is 2. The van der Waals surface area contributed by atoms with Gasteiger partial charge in [-0.25, -0.2) is 13.4 Å². The van der Waals surface area contributed by atoms with E-state index in [1.807, 2.05) is 0 Å². The molecular weight excluding hydrogens is 306 g/mol. The van der Waals surface area contributed by atoms with Gasteiger partial charge < -0.3 is 9.47 Å². The van der Waals surface area contributed by atoms with Crippen molar-refractivity contribution < 1.29 is 17.9 Å². The van der Waals surface area contributed by atoms with E-state index in [0.717, 1.165) is 0 Å². The third kappa shape index (κ3) is 2.96. The lowest BCUT2D eigenvalue weighted by Crippen LogP contribution is -2.15. The van der Waals surface area contributed by atoms with Crippen molar-refractivity contribution >= 4 is 15.8 Å². The molecule has 0 saturated carbocycles. The Kier molecular flexibility index (Phi) is 3.84. The number of aryl methyl sites for hydroxylation is 1. The largest absolute Gasteiger partial charge is 0.490 e. The fraction of sp³-hybridized carbons (Fsp3) is 0.286. The zero-order chi connectivity index (χ0) is 15.6. The molecule has 1 aromatic heterocycles. The van der Waals surface area contributed by atoms with E-state index in [9.17, 15) is 8.42 Å². The van der Waals surface area contributed by atoms with Crippen LogP contribution in [0.1, 0.15) is 12.1 Å². The fourth-order valence-electron chi connectivity index (χ4n) is 2.02. The second-order valence-electron chi connectivity index (χ2n) is 4.78. The van der Waals surface area contributed by atoms with Gasteiger partial charge in [0.05, 0.1) is 31.3 Å². The van der Waals surface area contributed by atoms with Gasteiger partial charge in [-0.3, -0.25) is 9.71 Å². The highest BCUT2D eigenvalue weighted by atomic mass is 32.2. The number of nitrogens with one attached hydrogen (secondary N) is 1. The summed E-state index contributed by atoms with van der Waals surface area (Å²) >= 11 is 0. The van der Waals surface area contributed by atoms with E-state index in [4.69, 9.17) is 9.47 Å². The quantitative estimate of drug-likeness (QED) is 0.926. The molecule has 1 N–H and O–H groups in total. The van der Waals surface area contributed by atoms with Crippen molar-refractivity contribution in [2.45, 2.75) is 18.2 Å². The molecule has 1 aromatic carbocycles. The van der Waals surface area contributed by atoms with E-state index in [2.05, 4.69) is 14.7 Å². The molecule has 1 aliphatic rings. The maximum atomic E-state index is 12.6. The Morgan fingerprint density at radius 3 is 2.73 bits per heavy atom. The molecular formula is C14H15N3O4S. The van der Waals surface area contributed by atoms with Gasteiger partial charge in [-0.15, -0.1) is 0 Å². The van der Waals surface area contributed by atoms with E-state index in [0.29, 0.717) is 31.1 Å². The molecule has 0 radical (unpaired) electrons. The van der Waals surface area contributed by atoms with Crippen LogP contribution in [0.2, 0.25) is 0 Å². The molecule has 0 unspecified atom stereocenters. The van der Waals surface area contributed by atoms with Crippen molar-refractivity contribution in [1.29, 1.82) is 0 Å². The molecule has 0 amide bonds. The number of sulfonamides is 1. The Morgan fingerprint density at radius 1 is 1.14 bits per heavy atom. The highest BCUT2D eigenvalue weighted by Gasteiger charge is 2.24. The number of hydrogen-bond acceptors (Lipinski definition) is 6. The van der Waals surface area contributed by atoms with Gasteiger partial charge in [0.1, 0.15) is 4.90 Å². The molecule has 0 fully saturated rings. The van der Waals surface area contributed by atoms with Gasteiger partial charge in [0.15, 0.2) is 17.3 Å². The maximum Gasteiger partial charge on any atom is 0.266 e. The van der Waals surface area contributed by atoms with Crippen LogP contribution in [0, 0.1) is 6.92 Å². The Bertz CT molecular complexity index is 775. The predicted octanol–water partition coefficient (Wildman–Crippen LogP) is 1.75. The van der Waals surface area contributed by atoms with Crippen molar-refractivity contribution in [3.05, 3.63) is 36.3 Å². The number of aromatic nitrogens is 2. The summed E-state index contributed by atoms with van der Waals surface area (Å²) in [4.78, 5) is 8.03. The van der Waals surface area contributed by atoms with Gasteiger partial charge in [0.2, 0.25) is 0 Å². The molecule has 3 rings (SSSR count). The Balaban J connectivity index is 1.97. The summed E-state index contributed by atoms with van der Waals surface area (Å²) in [6, 6.07) is 4.77. The molecule has 7 nitrogen and oxygen atoms in total. The number of anilines is 1. The molecule has 8 heteroatoms. The standard InChI is InChI=1S/C14H15N3O4S/c1-10-8-16-13(9-15-10)17-22(18,19)12-5-2-4-11-14(12)21-7-3-6-20-11/h2,4-5,8-9H,3,6-7H2,1H3,(H,16,17). The molecule has 0 spiro atoms. The summed E-state index contributed by atoms with van der Waals surface area (Å²) in [5, 5.41) is 0. The monoisotopic (exact) mass is 321 g/mol. The average molecular weight is 321 g/mol. The highest BCUT2D eigenvalue weighted by Crippen LogP contribution is 2.36. The first-order valence-corrected chi connectivity index (χ1v) is 8.25. The van der Waals surface area contributed by atoms with E-state index in [-0.39, 0.29) is 16.5 Å². The molecule has 0 atom stereocenters. The van der Waals surface area contributed by atoms with Gasteiger partial charge in [-0.2, -0.15) is 0 Å². The van der Waals surface area contributed by atoms with Gasteiger partial charge >= 0.3 is 0 Å². The second kappa shape index (κ2) is 5.80. The summed E-state index contributed by atoms with van der Waals surface area (Å²) in [6.45, 7) is 2.67. The minimum absolute atomic E-state index is 0.0225. The molecule has 22 heavy (non-hydrogen) atoms. The zero-order valence-corrected chi connectivity index (χ0v) is 12.8. The Labute approximate surface area is 128 Å². The third-order valence-corrected chi connectivity index (χ3v) is 4.42. The SMILES string of the molecule is Cc1cnc(NS(=O)(=O)c2cccc3c2OCCCO3)cn1. The minimum Gasteiger partial charge on any atom is -0.490 e. The van der Waals surface area contributed by atoms with Crippen molar-refractivity contribution in [2.24, 2.45) is 0 Å². The molecule has 2 aromatic rings. The zero-order valence-electron chi connectivity index (χ0n) is 11.9. The topological polar surface area (TPSA) is 90.4 Å². The molecule has 116 valence electrons. The van der Waals surface area contributed by atoms with Crippen LogP contribution in [0.25, 0.3) is 0 Å². The smallest absolute Gasteiger partial charge is 0.266 e. The first kappa shape index (κ1) is 14.6. The lowest BCUT2D eigenvalue weighted by atomic mass is 10.3. The summed E-state index contributed by atoms with van der Waals surface area (Å²) in [6.07, 6.45) is 3.56. The summed E-state index contributed by atoms with van der Waals surface area (Å²) in [5.41, 5.74) is 0.702. The molecule has 0 bridgehead atoms. The Hall–Kier alpha value is -2.35. The van der Waals surface area contributed by atoms with Gasteiger partial charge in [0.25, 0.3) is 10.0 Å². The number of fused-ring (bicyclic) bond motifs is 1. The lowest BCUT2D eigenvalue weighted by Gasteiger charge is -2.13. The van der Waals surface area contributed by atoms with Crippen molar-refractivity contribution in [3.8, 4) is 11.5 Å². The minimum atomic E-state index is -3.84. The first-order valence-electron chi connectivity index (χ1n) is 6.76. The van der Waals surface area contributed by atoms with Gasteiger partial charge in [-0.05, 0) is 19.1 Å². The van der Waals surface area contributed by atoms with E-state index < -0.39 is 10.0 Å². The van der Waals surface area contributed by atoms with E-state index >= 15 is 0 Å². The molecule has 0 saturated heterocycles. The third-order valence-electron chi connectivity index (χ3n) is 3.04. The fourth-order valence-corrected chi connectivity index (χ4v) is 3.17. The summed E-state index contributed by atoms with van der Waals surface area (Å²) < 4.78 is 38.6. The van der Waals surface area contributed by atoms with Crippen LogP contribution in [0.4, 0.5) is 5.82 Å². The molecule has 1 aliphatic heterocycles. The van der Waals surface area contributed by atoms with E-state index in [1.54, 1.807) is 19.1 Å². The van der Waals surface area contributed by atoms with E-state index in [1.165, 1.54) is 18.5 Å². The number of para-hydroxylation sites is 1. The van der Waals surface area contributed by atoms with Crippen LogP contribution in [-0.4, -0.2) is 31.6 Å². The predicted molar refractivity (Wildman–Crippen MR) is 79.6 cm³/mol. The molecule has 0 aliphatic carbocycles. The highest BCUT2D eigenvalue weighted by molar-refractivity contribution is 7.92. The summed E-state index contributed by atoms with van der Waals surface area (Å²) in [5.74, 6) is 0.806. The number of rotatable bonds is 3. The van der Waals surface area contributed by atoms with Crippen LogP contribution in [0.3, 0.4) is 0 Å². The number of hydrogen-bond donors (Lipinski definition) is 1. The maximum absolute atomic E-state index is 12.6. The lowest BCUT2D eigenvalue weighted by molar-refractivity contribution is 0.294. The molecule has 2 heterocycles. The normalized spacial score (nSPS) is 14.2.